The summed E-state index contributed by atoms with van der Waals surface area (Å²) < 4.78 is 10.6. The van der Waals surface area contributed by atoms with Crippen LogP contribution < -0.4 is 0 Å². The van der Waals surface area contributed by atoms with Crippen LogP contribution in [-0.2, 0) is 11.3 Å². The SMILES string of the molecule is Cc1nonc1CN1CCOC(c2ccc(Cl)cc2)C1. The largest absolute Gasteiger partial charge is 0.371 e. The van der Waals surface area contributed by atoms with E-state index in [-0.39, 0.29) is 6.10 Å². The van der Waals surface area contributed by atoms with Gasteiger partial charge in [-0.05, 0) is 24.6 Å². The van der Waals surface area contributed by atoms with Crippen LogP contribution in [0.4, 0.5) is 0 Å². The summed E-state index contributed by atoms with van der Waals surface area (Å²) in [5.41, 5.74) is 2.88. The molecule has 6 heteroatoms. The zero-order valence-electron chi connectivity index (χ0n) is 11.3. The van der Waals surface area contributed by atoms with E-state index in [0.717, 1.165) is 41.6 Å². The van der Waals surface area contributed by atoms with Gasteiger partial charge in [0.1, 0.15) is 11.4 Å². The van der Waals surface area contributed by atoms with E-state index in [1.54, 1.807) is 0 Å². The Labute approximate surface area is 122 Å². The van der Waals surface area contributed by atoms with Gasteiger partial charge in [-0.2, -0.15) is 0 Å². The first-order chi connectivity index (χ1) is 9.72. The molecule has 0 radical (unpaired) electrons. The number of nitrogens with zero attached hydrogens (tertiary/aromatic N) is 3. The van der Waals surface area contributed by atoms with Crippen molar-refractivity contribution in [1.82, 2.24) is 15.2 Å². The number of aromatic nitrogens is 2. The first kappa shape index (κ1) is 13.5. The number of morpholine rings is 1. The van der Waals surface area contributed by atoms with E-state index in [1.165, 1.54) is 0 Å². The Morgan fingerprint density at radius 3 is 2.80 bits per heavy atom. The quantitative estimate of drug-likeness (QED) is 0.870. The minimum atomic E-state index is 0.0705. The van der Waals surface area contributed by atoms with E-state index in [0.29, 0.717) is 6.61 Å². The van der Waals surface area contributed by atoms with Crippen LogP contribution in [0.25, 0.3) is 0 Å². The van der Waals surface area contributed by atoms with E-state index in [4.69, 9.17) is 21.0 Å². The third-order valence-corrected chi connectivity index (χ3v) is 3.76. The van der Waals surface area contributed by atoms with Gasteiger partial charge in [-0.15, -0.1) is 0 Å². The van der Waals surface area contributed by atoms with Crippen molar-refractivity contribution in [2.75, 3.05) is 19.7 Å². The summed E-state index contributed by atoms with van der Waals surface area (Å²) in [5.74, 6) is 0. The van der Waals surface area contributed by atoms with Crippen molar-refractivity contribution in [2.24, 2.45) is 0 Å². The first-order valence-corrected chi connectivity index (χ1v) is 6.97. The smallest absolute Gasteiger partial charge is 0.122 e. The molecular formula is C14H16ClN3O2. The van der Waals surface area contributed by atoms with E-state index < -0.39 is 0 Å². The number of aryl methyl sites for hydroxylation is 1. The predicted molar refractivity (Wildman–Crippen MR) is 74.5 cm³/mol. The van der Waals surface area contributed by atoms with Crippen molar-refractivity contribution < 1.29 is 9.37 Å². The number of hydrogen-bond acceptors (Lipinski definition) is 5. The lowest BCUT2D eigenvalue weighted by Crippen LogP contribution is -2.38. The normalized spacial score (nSPS) is 20.2. The van der Waals surface area contributed by atoms with Crippen molar-refractivity contribution in [3.05, 3.63) is 46.2 Å². The molecule has 0 aliphatic carbocycles. The van der Waals surface area contributed by atoms with Gasteiger partial charge in [0, 0.05) is 24.7 Å². The molecule has 1 saturated heterocycles. The number of hydrogen-bond donors (Lipinski definition) is 0. The number of benzene rings is 1. The van der Waals surface area contributed by atoms with Crippen LogP contribution in [0.5, 0.6) is 0 Å². The lowest BCUT2D eigenvalue weighted by molar-refractivity contribution is -0.0335. The van der Waals surface area contributed by atoms with Gasteiger partial charge in [0.2, 0.25) is 0 Å². The molecule has 3 rings (SSSR count). The maximum Gasteiger partial charge on any atom is 0.122 e. The maximum atomic E-state index is 5.91. The third kappa shape index (κ3) is 3.00. The second kappa shape index (κ2) is 5.91. The Hall–Kier alpha value is -1.43. The van der Waals surface area contributed by atoms with E-state index in [1.807, 2.05) is 31.2 Å². The fourth-order valence-electron chi connectivity index (χ4n) is 2.33. The highest BCUT2D eigenvalue weighted by molar-refractivity contribution is 6.30. The molecule has 0 bridgehead atoms. The Morgan fingerprint density at radius 1 is 1.30 bits per heavy atom. The van der Waals surface area contributed by atoms with Gasteiger partial charge < -0.3 is 4.74 Å². The van der Waals surface area contributed by atoms with Gasteiger partial charge in [0.05, 0.1) is 12.7 Å². The molecule has 5 nitrogen and oxygen atoms in total. The summed E-state index contributed by atoms with van der Waals surface area (Å²) in [6, 6.07) is 7.81. The molecule has 2 heterocycles. The molecule has 1 atom stereocenters. The fourth-order valence-corrected chi connectivity index (χ4v) is 2.46. The summed E-state index contributed by atoms with van der Waals surface area (Å²) in [6.07, 6.45) is 0.0705. The zero-order chi connectivity index (χ0) is 13.9. The van der Waals surface area contributed by atoms with Gasteiger partial charge in [0.15, 0.2) is 0 Å². The highest BCUT2D eigenvalue weighted by atomic mass is 35.5. The monoisotopic (exact) mass is 293 g/mol. The summed E-state index contributed by atoms with van der Waals surface area (Å²) in [6.45, 7) is 5.06. The molecule has 1 aliphatic heterocycles. The van der Waals surface area contributed by atoms with Crippen LogP contribution in [0.3, 0.4) is 0 Å². The minimum Gasteiger partial charge on any atom is -0.371 e. The zero-order valence-corrected chi connectivity index (χ0v) is 12.0. The maximum absolute atomic E-state index is 5.91. The van der Waals surface area contributed by atoms with Crippen molar-refractivity contribution >= 4 is 11.6 Å². The molecule has 20 heavy (non-hydrogen) atoms. The first-order valence-electron chi connectivity index (χ1n) is 6.60. The lowest BCUT2D eigenvalue weighted by atomic mass is 10.1. The number of rotatable bonds is 3. The Kier molecular flexibility index (Phi) is 4.00. The molecule has 1 fully saturated rings. The van der Waals surface area contributed by atoms with Crippen LogP contribution in [0.1, 0.15) is 23.1 Å². The van der Waals surface area contributed by atoms with Crippen molar-refractivity contribution in [3.63, 3.8) is 0 Å². The molecule has 0 spiro atoms. The van der Waals surface area contributed by atoms with Crippen molar-refractivity contribution in [2.45, 2.75) is 19.6 Å². The summed E-state index contributed by atoms with van der Waals surface area (Å²) in [4.78, 5) is 2.30. The highest BCUT2D eigenvalue weighted by Crippen LogP contribution is 2.24. The molecule has 1 unspecified atom stereocenters. The average Bonchev–Trinajstić information content (AvgIpc) is 2.85. The highest BCUT2D eigenvalue weighted by Gasteiger charge is 2.23. The summed E-state index contributed by atoms with van der Waals surface area (Å²) in [5, 5.41) is 8.48. The molecule has 1 aliphatic rings. The van der Waals surface area contributed by atoms with E-state index in [9.17, 15) is 0 Å². The second-order valence-corrected chi connectivity index (χ2v) is 5.38. The van der Waals surface area contributed by atoms with Gasteiger partial charge >= 0.3 is 0 Å². The summed E-state index contributed by atoms with van der Waals surface area (Å²) >= 11 is 5.91. The molecule has 106 valence electrons. The van der Waals surface area contributed by atoms with Crippen LogP contribution in [-0.4, -0.2) is 34.9 Å². The topological polar surface area (TPSA) is 51.4 Å². The molecule has 1 aromatic carbocycles. The lowest BCUT2D eigenvalue weighted by Gasteiger charge is -2.32. The van der Waals surface area contributed by atoms with Crippen molar-refractivity contribution in [1.29, 1.82) is 0 Å². The molecule has 0 saturated carbocycles. The molecule has 2 aromatic rings. The minimum absolute atomic E-state index is 0.0705. The Morgan fingerprint density at radius 2 is 2.10 bits per heavy atom. The third-order valence-electron chi connectivity index (χ3n) is 3.51. The molecule has 0 amide bonds. The van der Waals surface area contributed by atoms with E-state index in [2.05, 4.69) is 15.2 Å². The number of ether oxygens (including phenoxy) is 1. The molecule has 0 N–H and O–H groups in total. The second-order valence-electron chi connectivity index (χ2n) is 4.94. The average molecular weight is 294 g/mol. The van der Waals surface area contributed by atoms with Gasteiger partial charge in [-0.3, -0.25) is 4.90 Å². The van der Waals surface area contributed by atoms with Crippen molar-refractivity contribution in [3.8, 4) is 0 Å². The van der Waals surface area contributed by atoms with Crippen LogP contribution in [0, 0.1) is 6.92 Å². The fraction of sp³-hybridized carbons (Fsp3) is 0.429. The number of halogens is 1. The summed E-state index contributed by atoms with van der Waals surface area (Å²) in [7, 11) is 0. The standard InChI is InChI=1S/C14H16ClN3O2/c1-10-13(17-20-16-10)8-18-6-7-19-14(9-18)11-2-4-12(15)5-3-11/h2-5,14H,6-9H2,1H3. The van der Waals surface area contributed by atoms with Gasteiger partial charge in [0.25, 0.3) is 0 Å². The molecular weight excluding hydrogens is 278 g/mol. The Bertz CT molecular complexity index is 570. The van der Waals surface area contributed by atoms with Gasteiger partial charge in [-0.25, -0.2) is 4.63 Å². The predicted octanol–water partition coefficient (Wildman–Crippen LogP) is 2.60. The van der Waals surface area contributed by atoms with Crippen LogP contribution in [0.15, 0.2) is 28.9 Å². The molecule has 1 aromatic heterocycles. The van der Waals surface area contributed by atoms with Crippen LogP contribution in [0.2, 0.25) is 5.02 Å². The van der Waals surface area contributed by atoms with Crippen LogP contribution >= 0.6 is 11.6 Å². The van der Waals surface area contributed by atoms with E-state index >= 15 is 0 Å². The Balaban J connectivity index is 1.67. The van der Waals surface area contributed by atoms with Gasteiger partial charge in [-0.1, -0.05) is 34.0 Å².